The van der Waals surface area contributed by atoms with Crippen LogP contribution in [-0.4, -0.2) is 40.9 Å². The highest BCUT2D eigenvalue weighted by Crippen LogP contribution is 2.36. The van der Waals surface area contributed by atoms with Crippen molar-refractivity contribution in [2.45, 2.75) is 13.0 Å². The van der Waals surface area contributed by atoms with Crippen LogP contribution in [-0.2, 0) is 10.0 Å². The summed E-state index contributed by atoms with van der Waals surface area (Å²) in [6, 6.07) is 6.16. The molecule has 33 heavy (non-hydrogen) atoms. The van der Waals surface area contributed by atoms with Gasteiger partial charge in [0.1, 0.15) is 17.6 Å². The number of pyridine rings is 2. The van der Waals surface area contributed by atoms with E-state index in [0.29, 0.717) is 50.1 Å². The molecule has 1 atom stereocenters. The average molecular weight is 508 g/mol. The van der Waals surface area contributed by atoms with Gasteiger partial charge in [-0.15, -0.1) is 0 Å². The molecule has 4 aromatic rings. The van der Waals surface area contributed by atoms with E-state index in [0.717, 1.165) is 0 Å². The van der Waals surface area contributed by atoms with Crippen molar-refractivity contribution in [2.24, 2.45) is 0 Å². The summed E-state index contributed by atoms with van der Waals surface area (Å²) < 4.78 is 45.5. The molecule has 0 unspecified atom stereocenters. The molecule has 3 aromatic heterocycles. The largest absolute Gasteiger partial charge is 0.483 e. The van der Waals surface area contributed by atoms with E-state index in [4.69, 9.17) is 27.9 Å². The maximum absolute atomic E-state index is 14.7. The van der Waals surface area contributed by atoms with Crippen molar-refractivity contribution in [3.63, 3.8) is 0 Å². The molecule has 170 valence electrons. The smallest absolute Gasteiger partial charge is 0.238 e. The molecular weight excluding hydrogens is 492 g/mol. The van der Waals surface area contributed by atoms with Gasteiger partial charge in [-0.1, -0.05) is 23.2 Å². The van der Waals surface area contributed by atoms with E-state index in [-0.39, 0.29) is 11.5 Å². The lowest BCUT2D eigenvalue weighted by molar-refractivity contribution is 0.217. The number of ether oxygens (including phenoxy) is 1. The minimum atomic E-state index is -3.26. The molecule has 0 saturated carbocycles. The zero-order chi connectivity index (χ0) is 23.3. The monoisotopic (exact) mass is 507 g/mol. The molecule has 1 fully saturated rings. The molecule has 0 amide bonds. The van der Waals surface area contributed by atoms with Crippen molar-refractivity contribution < 1.29 is 17.5 Å². The van der Waals surface area contributed by atoms with Gasteiger partial charge in [-0.25, -0.2) is 17.8 Å². The van der Waals surface area contributed by atoms with E-state index in [1.807, 2.05) is 0 Å². The fourth-order valence-electron chi connectivity index (χ4n) is 3.65. The molecule has 1 aliphatic heterocycles. The molecule has 5 rings (SSSR count). The number of rotatable bonds is 5. The summed E-state index contributed by atoms with van der Waals surface area (Å²) in [6.45, 7) is 2.11. The Kier molecular flexibility index (Phi) is 5.38. The number of fused-ring (bicyclic) bond motifs is 1. The van der Waals surface area contributed by atoms with Crippen LogP contribution in [0.1, 0.15) is 18.6 Å². The van der Waals surface area contributed by atoms with E-state index in [9.17, 15) is 12.8 Å². The molecule has 0 bridgehead atoms. The standard InChI is InChI=1S/C21H16Cl2FN5O3S/c1-11(20-14(22)9-25-10-15(20)23)32-18-6-13-17(7-16(18)24)27-28-21(13)12-2-3-19(26-8-12)29-4-5-33(29,30)31/h2-3,6-11H,4-5H2,1H3,(H,27,28)/t11-/m1/s1. The fraction of sp³-hybridized carbons (Fsp3) is 0.190. The summed E-state index contributed by atoms with van der Waals surface area (Å²) in [5.41, 5.74) is 2.12. The average Bonchev–Trinajstić information content (AvgIpc) is 3.16. The number of halogens is 3. The van der Waals surface area contributed by atoms with Crippen LogP contribution in [0.25, 0.3) is 22.2 Å². The van der Waals surface area contributed by atoms with Crippen molar-refractivity contribution in [1.82, 2.24) is 20.2 Å². The summed E-state index contributed by atoms with van der Waals surface area (Å²) >= 11 is 12.4. The Morgan fingerprint density at radius 2 is 1.94 bits per heavy atom. The number of anilines is 1. The quantitative estimate of drug-likeness (QED) is 0.418. The predicted octanol–water partition coefficient (Wildman–Crippen LogP) is 4.76. The molecule has 8 nitrogen and oxygen atoms in total. The lowest BCUT2D eigenvalue weighted by Crippen LogP contribution is -2.48. The maximum atomic E-state index is 14.7. The number of sulfonamides is 1. The highest BCUT2D eigenvalue weighted by atomic mass is 35.5. The third kappa shape index (κ3) is 3.88. The van der Waals surface area contributed by atoms with Gasteiger partial charge >= 0.3 is 0 Å². The van der Waals surface area contributed by atoms with Gasteiger partial charge in [0.2, 0.25) is 10.0 Å². The van der Waals surface area contributed by atoms with Crippen LogP contribution in [0.2, 0.25) is 10.0 Å². The number of nitrogens with one attached hydrogen (secondary N) is 1. The van der Waals surface area contributed by atoms with Gasteiger partial charge < -0.3 is 4.74 Å². The molecule has 0 radical (unpaired) electrons. The van der Waals surface area contributed by atoms with Gasteiger partial charge in [0.25, 0.3) is 0 Å². The van der Waals surface area contributed by atoms with Crippen LogP contribution in [0.4, 0.5) is 10.2 Å². The number of nitrogens with zero attached hydrogens (tertiary/aromatic N) is 4. The summed E-state index contributed by atoms with van der Waals surface area (Å²) in [6.07, 6.45) is 3.77. The zero-order valence-electron chi connectivity index (χ0n) is 17.1. The number of aromatic amines is 1. The highest BCUT2D eigenvalue weighted by Gasteiger charge is 2.33. The lowest BCUT2D eigenvalue weighted by atomic mass is 10.1. The number of benzene rings is 1. The second-order valence-electron chi connectivity index (χ2n) is 7.47. The van der Waals surface area contributed by atoms with E-state index in [1.54, 1.807) is 19.1 Å². The molecule has 0 aliphatic carbocycles. The first-order valence-electron chi connectivity index (χ1n) is 9.84. The summed E-state index contributed by atoms with van der Waals surface area (Å²) in [7, 11) is -3.26. The van der Waals surface area contributed by atoms with Gasteiger partial charge in [0.15, 0.2) is 11.6 Å². The van der Waals surface area contributed by atoms with Crippen molar-refractivity contribution in [3.8, 4) is 17.0 Å². The van der Waals surface area contributed by atoms with Crippen molar-refractivity contribution in [3.05, 3.63) is 64.3 Å². The number of hydrogen-bond acceptors (Lipinski definition) is 6. The first-order valence-corrected chi connectivity index (χ1v) is 12.2. The van der Waals surface area contributed by atoms with Gasteiger partial charge in [-0.3, -0.25) is 14.4 Å². The van der Waals surface area contributed by atoms with E-state index in [1.165, 1.54) is 35.0 Å². The highest BCUT2D eigenvalue weighted by molar-refractivity contribution is 7.94. The van der Waals surface area contributed by atoms with E-state index in [2.05, 4.69) is 20.2 Å². The predicted molar refractivity (Wildman–Crippen MR) is 124 cm³/mol. The second-order valence-corrected chi connectivity index (χ2v) is 10.3. The molecule has 1 saturated heterocycles. The van der Waals surface area contributed by atoms with Crippen molar-refractivity contribution in [1.29, 1.82) is 0 Å². The number of hydrogen-bond donors (Lipinski definition) is 1. The summed E-state index contributed by atoms with van der Waals surface area (Å²) in [5, 5.41) is 8.32. The molecule has 0 spiro atoms. The van der Waals surface area contributed by atoms with Gasteiger partial charge in [0.05, 0.1) is 27.9 Å². The Morgan fingerprint density at radius 3 is 2.55 bits per heavy atom. The van der Waals surface area contributed by atoms with Crippen LogP contribution in [0.5, 0.6) is 5.75 Å². The number of H-pyrrole nitrogens is 1. The third-order valence-electron chi connectivity index (χ3n) is 5.38. The summed E-state index contributed by atoms with van der Waals surface area (Å²) in [4.78, 5) is 8.18. The first-order chi connectivity index (χ1) is 15.7. The van der Waals surface area contributed by atoms with Gasteiger partial charge in [-0.2, -0.15) is 5.10 Å². The zero-order valence-corrected chi connectivity index (χ0v) is 19.4. The maximum Gasteiger partial charge on any atom is 0.238 e. The minimum absolute atomic E-state index is 0.00199. The van der Waals surface area contributed by atoms with Crippen molar-refractivity contribution >= 4 is 49.9 Å². The fourth-order valence-corrected chi connectivity index (χ4v) is 5.38. The first kappa shape index (κ1) is 21.9. The van der Waals surface area contributed by atoms with Crippen LogP contribution < -0.4 is 9.04 Å². The van der Waals surface area contributed by atoms with E-state index >= 15 is 0 Å². The second kappa shape index (κ2) is 8.12. The lowest BCUT2D eigenvalue weighted by Gasteiger charge is -2.31. The molecule has 1 N–H and O–H groups in total. The Bertz CT molecular complexity index is 1460. The topological polar surface area (TPSA) is 101 Å². The van der Waals surface area contributed by atoms with Crippen molar-refractivity contribution in [2.75, 3.05) is 16.6 Å². The normalized spacial score (nSPS) is 15.9. The molecule has 4 heterocycles. The third-order valence-corrected chi connectivity index (χ3v) is 7.72. The number of aromatic nitrogens is 4. The minimum Gasteiger partial charge on any atom is -0.483 e. The Balaban J connectivity index is 1.48. The molecule has 1 aliphatic rings. The van der Waals surface area contributed by atoms with Gasteiger partial charge in [-0.05, 0) is 25.1 Å². The summed E-state index contributed by atoms with van der Waals surface area (Å²) in [5.74, 6) is -0.122. The van der Waals surface area contributed by atoms with Crippen LogP contribution in [0, 0.1) is 5.82 Å². The van der Waals surface area contributed by atoms with E-state index < -0.39 is 21.9 Å². The Morgan fingerprint density at radius 1 is 1.18 bits per heavy atom. The molecule has 1 aromatic carbocycles. The Hall–Kier alpha value is -2.95. The van der Waals surface area contributed by atoms with Crippen LogP contribution in [0.15, 0.2) is 42.9 Å². The molecule has 12 heteroatoms. The van der Waals surface area contributed by atoms with Crippen LogP contribution >= 0.6 is 23.2 Å². The van der Waals surface area contributed by atoms with Crippen LogP contribution in [0.3, 0.4) is 0 Å². The van der Waals surface area contributed by atoms with Gasteiger partial charge in [0, 0.05) is 41.2 Å². The SMILES string of the molecule is C[C@@H](Oc1cc2c(-c3ccc(N4CCS4(=O)=O)nc3)n[nH]c2cc1F)c1c(Cl)cncc1Cl. The molecular formula is C21H16Cl2FN5O3S. The Labute approximate surface area is 198 Å².